The van der Waals surface area contributed by atoms with Crippen molar-refractivity contribution in [2.75, 3.05) is 12.4 Å². The molecule has 3 aromatic rings. The van der Waals surface area contributed by atoms with Gasteiger partial charge in [0.1, 0.15) is 11.6 Å². The van der Waals surface area contributed by atoms with Crippen LogP contribution < -0.4 is 10.1 Å². The molecule has 0 fully saturated rings. The molecule has 1 aromatic heterocycles. The maximum atomic E-state index is 12.8. The van der Waals surface area contributed by atoms with Gasteiger partial charge in [-0.25, -0.2) is 13.1 Å². The Morgan fingerprint density at radius 3 is 2.61 bits per heavy atom. The lowest BCUT2D eigenvalue weighted by Gasteiger charge is -2.12. The number of fused-ring (bicyclic) bond motifs is 1. The summed E-state index contributed by atoms with van der Waals surface area (Å²) < 4.78 is 30.9. The number of carbonyl (C=O) groups excluding carboxylic acids is 1. The standard InChI is InChI=1S/C20H19N3O4S/c1-13-6-8-15(9-7-13)23-19(17-11-28(25,26)12-18(17)22-23)21-20(24)14-4-3-5-16(10-14)27-2/h3-10H,11-12H2,1-2H3,(H,21,24). The number of carbonyl (C=O) groups is 1. The number of hydrogen-bond acceptors (Lipinski definition) is 5. The van der Waals surface area contributed by atoms with Crippen molar-refractivity contribution >= 4 is 21.6 Å². The first-order valence-electron chi connectivity index (χ1n) is 8.70. The van der Waals surface area contributed by atoms with Gasteiger partial charge in [0.15, 0.2) is 9.84 Å². The minimum atomic E-state index is -3.25. The van der Waals surface area contributed by atoms with Crippen molar-refractivity contribution in [3.05, 3.63) is 70.9 Å². The van der Waals surface area contributed by atoms with Gasteiger partial charge in [0, 0.05) is 11.1 Å². The third-order valence-corrected chi connectivity index (χ3v) is 6.07. The molecule has 0 saturated heterocycles. The molecule has 0 saturated carbocycles. The molecule has 28 heavy (non-hydrogen) atoms. The van der Waals surface area contributed by atoms with Crippen molar-refractivity contribution in [1.29, 1.82) is 0 Å². The van der Waals surface area contributed by atoms with Gasteiger partial charge in [0.2, 0.25) is 0 Å². The molecule has 0 unspecified atom stereocenters. The van der Waals surface area contributed by atoms with E-state index in [-0.39, 0.29) is 17.4 Å². The van der Waals surface area contributed by atoms with Gasteiger partial charge in [0.25, 0.3) is 5.91 Å². The summed E-state index contributed by atoms with van der Waals surface area (Å²) in [5.74, 6) is 0.324. The number of hydrogen-bond donors (Lipinski definition) is 1. The van der Waals surface area contributed by atoms with Gasteiger partial charge in [-0.3, -0.25) is 4.79 Å². The zero-order chi connectivity index (χ0) is 19.9. The second-order valence-electron chi connectivity index (χ2n) is 6.74. The summed E-state index contributed by atoms with van der Waals surface area (Å²) in [6, 6.07) is 14.4. The smallest absolute Gasteiger partial charge is 0.256 e. The second kappa shape index (κ2) is 6.79. The maximum absolute atomic E-state index is 12.8. The molecule has 0 aliphatic carbocycles. The van der Waals surface area contributed by atoms with Crippen molar-refractivity contribution in [2.45, 2.75) is 18.4 Å². The van der Waals surface area contributed by atoms with E-state index in [0.29, 0.717) is 28.4 Å². The summed E-state index contributed by atoms with van der Waals surface area (Å²) in [5, 5.41) is 7.32. The lowest BCUT2D eigenvalue weighted by Crippen LogP contribution is -2.17. The Balaban J connectivity index is 1.76. The van der Waals surface area contributed by atoms with Crippen LogP contribution in [0.25, 0.3) is 5.69 Å². The van der Waals surface area contributed by atoms with E-state index in [1.165, 1.54) is 7.11 Å². The van der Waals surface area contributed by atoms with Gasteiger partial charge in [0.05, 0.1) is 30.0 Å². The fourth-order valence-corrected chi connectivity index (χ4v) is 4.68. The number of nitrogens with one attached hydrogen (secondary N) is 1. The highest BCUT2D eigenvalue weighted by atomic mass is 32.2. The molecule has 1 aliphatic heterocycles. The third kappa shape index (κ3) is 3.38. The van der Waals surface area contributed by atoms with Crippen LogP contribution in [0.3, 0.4) is 0 Å². The number of methoxy groups -OCH3 is 1. The maximum Gasteiger partial charge on any atom is 0.256 e. The number of nitrogens with zero attached hydrogens (tertiary/aromatic N) is 2. The fourth-order valence-electron chi connectivity index (χ4n) is 3.19. The average Bonchev–Trinajstić information content (AvgIpc) is 3.15. The van der Waals surface area contributed by atoms with E-state index in [9.17, 15) is 13.2 Å². The zero-order valence-corrected chi connectivity index (χ0v) is 16.3. The van der Waals surface area contributed by atoms with E-state index in [0.717, 1.165) is 11.3 Å². The third-order valence-electron chi connectivity index (χ3n) is 4.63. The molecule has 2 heterocycles. The topological polar surface area (TPSA) is 90.3 Å². The molecule has 0 radical (unpaired) electrons. The summed E-state index contributed by atoms with van der Waals surface area (Å²) in [5.41, 5.74) is 3.26. The predicted octanol–water partition coefficient (Wildman–Crippen LogP) is 2.87. The molecule has 1 N–H and O–H groups in total. The van der Waals surface area contributed by atoms with Crippen LogP contribution in [0.5, 0.6) is 5.75 Å². The first kappa shape index (κ1) is 18.2. The molecule has 1 aliphatic rings. The Bertz CT molecular complexity index is 1160. The van der Waals surface area contributed by atoms with Crippen LogP contribution in [-0.2, 0) is 21.3 Å². The Hall–Kier alpha value is -3.13. The van der Waals surface area contributed by atoms with E-state index in [4.69, 9.17) is 4.74 Å². The predicted molar refractivity (Wildman–Crippen MR) is 106 cm³/mol. The van der Waals surface area contributed by atoms with Crippen molar-refractivity contribution in [1.82, 2.24) is 9.78 Å². The van der Waals surface area contributed by atoms with Crippen molar-refractivity contribution in [2.24, 2.45) is 0 Å². The van der Waals surface area contributed by atoms with Crippen molar-refractivity contribution in [3.8, 4) is 11.4 Å². The normalized spacial score (nSPS) is 14.5. The van der Waals surface area contributed by atoms with Crippen LogP contribution in [0.1, 0.15) is 27.2 Å². The lowest BCUT2D eigenvalue weighted by molar-refractivity contribution is 0.102. The molecule has 0 bridgehead atoms. The first-order valence-corrected chi connectivity index (χ1v) is 10.5. The SMILES string of the molecule is COc1cccc(C(=O)Nc2c3c(nn2-c2ccc(C)cc2)CS(=O)(=O)C3)c1. The number of aryl methyl sites for hydroxylation is 1. The van der Waals surface area contributed by atoms with Crippen LogP contribution in [0, 0.1) is 6.92 Å². The van der Waals surface area contributed by atoms with E-state index in [2.05, 4.69) is 10.4 Å². The zero-order valence-electron chi connectivity index (χ0n) is 15.5. The number of rotatable bonds is 4. The van der Waals surface area contributed by atoms with Crippen LogP contribution >= 0.6 is 0 Å². The molecule has 2 aromatic carbocycles. The fraction of sp³-hybridized carbons (Fsp3) is 0.200. The number of amides is 1. The Morgan fingerprint density at radius 1 is 1.14 bits per heavy atom. The van der Waals surface area contributed by atoms with Crippen LogP contribution in [0.4, 0.5) is 5.82 Å². The molecule has 1 amide bonds. The first-order chi connectivity index (χ1) is 13.4. The molecule has 4 rings (SSSR count). The molecule has 7 nitrogen and oxygen atoms in total. The summed E-state index contributed by atoms with van der Waals surface area (Å²) in [4.78, 5) is 12.8. The van der Waals surface area contributed by atoms with E-state index < -0.39 is 9.84 Å². The van der Waals surface area contributed by atoms with Gasteiger partial charge < -0.3 is 10.1 Å². The summed E-state index contributed by atoms with van der Waals surface area (Å²) in [6.45, 7) is 1.98. The van der Waals surface area contributed by atoms with Crippen molar-refractivity contribution in [3.63, 3.8) is 0 Å². The molecule has 144 valence electrons. The summed E-state index contributed by atoms with van der Waals surface area (Å²) in [7, 11) is -1.72. The number of aromatic nitrogens is 2. The number of ether oxygens (including phenoxy) is 1. The van der Waals surface area contributed by atoms with Crippen LogP contribution in [-0.4, -0.2) is 31.2 Å². The van der Waals surface area contributed by atoms with E-state index in [1.54, 1.807) is 28.9 Å². The number of sulfone groups is 1. The Morgan fingerprint density at radius 2 is 1.89 bits per heavy atom. The average molecular weight is 397 g/mol. The van der Waals surface area contributed by atoms with Gasteiger partial charge >= 0.3 is 0 Å². The minimum Gasteiger partial charge on any atom is -0.497 e. The highest BCUT2D eigenvalue weighted by molar-refractivity contribution is 7.90. The largest absolute Gasteiger partial charge is 0.497 e. The monoisotopic (exact) mass is 397 g/mol. The second-order valence-corrected chi connectivity index (χ2v) is 8.80. The van der Waals surface area contributed by atoms with Crippen molar-refractivity contribution < 1.29 is 17.9 Å². The molecule has 0 spiro atoms. The van der Waals surface area contributed by atoms with Gasteiger partial charge in [-0.15, -0.1) is 0 Å². The number of benzene rings is 2. The van der Waals surface area contributed by atoms with E-state index >= 15 is 0 Å². The molecular weight excluding hydrogens is 378 g/mol. The van der Waals surface area contributed by atoms with E-state index in [1.807, 2.05) is 31.2 Å². The van der Waals surface area contributed by atoms with Gasteiger partial charge in [-0.05, 0) is 37.3 Å². The highest BCUT2D eigenvalue weighted by Crippen LogP contribution is 2.33. The summed E-state index contributed by atoms with van der Waals surface area (Å²) in [6.07, 6.45) is 0. The lowest BCUT2D eigenvalue weighted by atomic mass is 10.2. The molecular formula is C20H19N3O4S. The summed E-state index contributed by atoms with van der Waals surface area (Å²) >= 11 is 0. The highest BCUT2D eigenvalue weighted by Gasteiger charge is 2.33. The Labute approximate surface area is 162 Å². The Kier molecular flexibility index (Phi) is 4.43. The minimum absolute atomic E-state index is 0.122. The molecule has 0 atom stereocenters. The molecule has 8 heteroatoms. The van der Waals surface area contributed by atoms with Gasteiger partial charge in [-0.2, -0.15) is 5.10 Å². The number of anilines is 1. The van der Waals surface area contributed by atoms with Crippen LogP contribution in [0.2, 0.25) is 0 Å². The van der Waals surface area contributed by atoms with Gasteiger partial charge in [-0.1, -0.05) is 23.8 Å². The quantitative estimate of drug-likeness (QED) is 0.731. The van der Waals surface area contributed by atoms with Crippen LogP contribution in [0.15, 0.2) is 48.5 Å².